The first kappa shape index (κ1) is 90.7. The van der Waals surface area contributed by atoms with Crippen LogP contribution >= 0.6 is 7.82 Å². The second-order valence-corrected chi connectivity index (χ2v) is 29.1. The molecule has 0 spiro atoms. The third kappa shape index (κ3) is 77.7. The van der Waals surface area contributed by atoms with Crippen molar-refractivity contribution in [3.05, 3.63) is 109 Å². The highest BCUT2D eigenvalue weighted by atomic mass is 31.2. The van der Waals surface area contributed by atoms with E-state index in [1.807, 2.05) is 21.1 Å². The van der Waals surface area contributed by atoms with Crippen LogP contribution in [0.3, 0.4) is 0 Å². The maximum atomic E-state index is 12.9. The smallest absolute Gasteiger partial charge is 0.306 e. The number of phosphoric ester groups is 1. The lowest BCUT2D eigenvalue weighted by Gasteiger charge is -2.28. The van der Waals surface area contributed by atoms with Gasteiger partial charge < -0.3 is 27.9 Å². The summed E-state index contributed by atoms with van der Waals surface area (Å²) in [6.45, 7) is 4.13. The molecule has 0 rings (SSSR count). The van der Waals surface area contributed by atoms with Crippen LogP contribution in [0, 0.1) is 0 Å². The van der Waals surface area contributed by atoms with Crippen LogP contribution in [0.25, 0.3) is 0 Å². The molecule has 0 aliphatic carbocycles. The zero-order chi connectivity index (χ0) is 68.3. The number of hydrogen-bond donors (Lipinski definition) is 0. The number of carbonyl (C=O) groups is 2. The highest BCUT2D eigenvalue weighted by molar-refractivity contribution is 7.45. The molecule has 0 aliphatic rings. The number of nitrogens with zero attached hydrogens (tertiary/aromatic N) is 1. The molecule has 2 atom stereocenters. The molecule has 0 aliphatic heterocycles. The molecule has 0 aromatic carbocycles. The van der Waals surface area contributed by atoms with Crippen LogP contribution in [0.15, 0.2) is 109 Å². The number of rotatable bonds is 73. The molecule has 0 bridgehead atoms. The monoisotopic (exact) mass is 1330 g/mol. The molecule has 9 nitrogen and oxygen atoms in total. The van der Waals surface area contributed by atoms with E-state index >= 15 is 0 Å². The van der Waals surface area contributed by atoms with E-state index in [0.29, 0.717) is 17.4 Å². The van der Waals surface area contributed by atoms with Crippen molar-refractivity contribution in [2.24, 2.45) is 0 Å². The molecule has 0 aromatic heterocycles. The van der Waals surface area contributed by atoms with Gasteiger partial charge in [-0.25, -0.2) is 0 Å². The molecular weight excluding hydrogens is 1180 g/mol. The molecule has 0 saturated heterocycles. The van der Waals surface area contributed by atoms with Gasteiger partial charge in [0.25, 0.3) is 7.82 Å². The fourth-order valence-electron chi connectivity index (χ4n) is 11.3. The van der Waals surface area contributed by atoms with Gasteiger partial charge in [0.1, 0.15) is 19.8 Å². The number of quaternary nitrogens is 1. The summed E-state index contributed by atoms with van der Waals surface area (Å²) in [7, 11) is 1.15. The molecular formula is C84H150NO8P. The van der Waals surface area contributed by atoms with E-state index in [-0.39, 0.29) is 32.0 Å². The van der Waals surface area contributed by atoms with Crippen LogP contribution in [0.4, 0.5) is 0 Å². The second-order valence-electron chi connectivity index (χ2n) is 27.7. The molecule has 544 valence electrons. The number of carbonyl (C=O) groups excluding carboxylic acids is 2. The fourth-order valence-corrected chi connectivity index (χ4v) is 12.0. The summed E-state index contributed by atoms with van der Waals surface area (Å²) >= 11 is 0. The SMILES string of the molecule is CC/C=C\C/C=C\C/C=C\C/C=C\C/C=C\C/C=C\C/C=C\C/C=C\CCCCCCC(=O)OC(COC(=O)CCCCCCCCCCCCCCCCCCCCCCCCCCCCCCC/C=C\CCCCCCCCCC)COP(=O)([O-])OCC[N+](C)(C)C. The van der Waals surface area contributed by atoms with Crippen LogP contribution in [0.5, 0.6) is 0 Å². The van der Waals surface area contributed by atoms with Gasteiger partial charge >= 0.3 is 11.9 Å². The van der Waals surface area contributed by atoms with E-state index in [1.165, 1.54) is 231 Å². The summed E-state index contributed by atoms with van der Waals surface area (Å²) in [5.41, 5.74) is 0. The highest BCUT2D eigenvalue weighted by Crippen LogP contribution is 2.38. The van der Waals surface area contributed by atoms with E-state index in [0.717, 1.165) is 96.3 Å². The molecule has 0 heterocycles. The van der Waals surface area contributed by atoms with Crippen molar-refractivity contribution in [1.29, 1.82) is 0 Å². The van der Waals surface area contributed by atoms with E-state index in [1.54, 1.807) is 0 Å². The highest BCUT2D eigenvalue weighted by Gasteiger charge is 2.22. The average Bonchev–Trinajstić information content (AvgIpc) is 1.65. The number of ether oxygens (including phenoxy) is 2. The Morgan fingerprint density at radius 3 is 0.915 bits per heavy atom. The molecule has 10 heteroatoms. The Hall–Kier alpha value is -3.33. The Bertz CT molecular complexity index is 1960. The molecule has 0 N–H and O–H groups in total. The minimum Gasteiger partial charge on any atom is -0.756 e. The lowest BCUT2D eigenvalue weighted by Crippen LogP contribution is -2.37. The lowest BCUT2D eigenvalue weighted by atomic mass is 10.0. The Labute approximate surface area is 582 Å². The lowest BCUT2D eigenvalue weighted by molar-refractivity contribution is -0.870. The number of esters is 2. The van der Waals surface area contributed by atoms with Crippen molar-refractivity contribution >= 4 is 19.8 Å². The van der Waals surface area contributed by atoms with Crippen LogP contribution < -0.4 is 4.89 Å². The summed E-state index contributed by atoms with van der Waals surface area (Å²) in [5, 5.41) is 0. The van der Waals surface area contributed by atoms with Crippen molar-refractivity contribution in [1.82, 2.24) is 0 Å². The van der Waals surface area contributed by atoms with Crippen molar-refractivity contribution in [3.8, 4) is 0 Å². The van der Waals surface area contributed by atoms with Gasteiger partial charge in [-0.15, -0.1) is 0 Å². The van der Waals surface area contributed by atoms with Gasteiger partial charge in [-0.3, -0.25) is 14.2 Å². The number of phosphoric acid groups is 1. The molecule has 0 aromatic rings. The quantitative estimate of drug-likeness (QED) is 0.0195. The summed E-state index contributed by atoms with van der Waals surface area (Å²) in [4.78, 5) is 38.1. The van der Waals surface area contributed by atoms with E-state index in [2.05, 4.69) is 123 Å². The van der Waals surface area contributed by atoms with Gasteiger partial charge in [-0.1, -0.05) is 354 Å². The van der Waals surface area contributed by atoms with Crippen LogP contribution in [0.1, 0.15) is 361 Å². The van der Waals surface area contributed by atoms with Crippen molar-refractivity contribution in [2.45, 2.75) is 367 Å². The molecule has 0 saturated carbocycles. The van der Waals surface area contributed by atoms with Gasteiger partial charge in [0.2, 0.25) is 0 Å². The van der Waals surface area contributed by atoms with Gasteiger partial charge in [-0.2, -0.15) is 0 Å². The molecule has 0 radical (unpaired) electrons. The number of unbranched alkanes of at least 4 members (excludes halogenated alkanes) is 41. The first-order chi connectivity index (χ1) is 46.0. The van der Waals surface area contributed by atoms with Crippen LogP contribution in [-0.4, -0.2) is 70.0 Å². The van der Waals surface area contributed by atoms with Crippen molar-refractivity contribution in [2.75, 3.05) is 47.5 Å². The predicted molar refractivity (Wildman–Crippen MR) is 406 cm³/mol. The Kier molecular flexibility index (Phi) is 71.3. The Morgan fingerprint density at radius 1 is 0.340 bits per heavy atom. The van der Waals surface area contributed by atoms with E-state index in [9.17, 15) is 19.0 Å². The van der Waals surface area contributed by atoms with E-state index < -0.39 is 26.5 Å². The number of likely N-dealkylation sites (N-methyl/N-ethyl adjacent to an activating group) is 1. The zero-order valence-corrected chi connectivity index (χ0v) is 63.0. The minimum absolute atomic E-state index is 0.0402. The first-order valence-electron chi connectivity index (χ1n) is 39.6. The number of hydrogen-bond acceptors (Lipinski definition) is 8. The maximum absolute atomic E-state index is 12.9. The van der Waals surface area contributed by atoms with Crippen molar-refractivity contribution < 1.29 is 42.1 Å². The summed E-state index contributed by atoms with van der Waals surface area (Å²) in [6.07, 6.45) is 105. The largest absolute Gasteiger partial charge is 0.756 e. The van der Waals surface area contributed by atoms with Gasteiger partial charge in [0.15, 0.2) is 6.10 Å². The topological polar surface area (TPSA) is 111 Å². The summed E-state index contributed by atoms with van der Waals surface area (Å²) in [6, 6.07) is 0. The maximum Gasteiger partial charge on any atom is 0.306 e. The van der Waals surface area contributed by atoms with Crippen LogP contribution in [-0.2, 0) is 32.7 Å². The zero-order valence-electron chi connectivity index (χ0n) is 62.1. The normalized spacial score (nSPS) is 13.6. The molecule has 2 unspecified atom stereocenters. The fraction of sp³-hybridized carbons (Fsp3) is 0.762. The third-order valence-electron chi connectivity index (χ3n) is 17.3. The predicted octanol–water partition coefficient (Wildman–Crippen LogP) is 25.8. The number of allylic oxidation sites excluding steroid dienone is 18. The minimum atomic E-state index is -4.66. The van der Waals surface area contributed by atoms with Gasteiger partial charge in [0.05, 0.1) is 27.7 Å². The summed E-state index contributed by atoms with van der Waals surface area (Å²) < 4.78 is 34.3. The van der Waals surface area contributed by atoms with Crippen molar-refractivity contribution in [3.63, 3.8) is 0 Å². The average molecular weight is 1330 g/mol. The Morgan fingerprint density at radius 2 is 0.606 bits per heavy atom. The van der Waals surface area contributed by atoms with Gasteiger partial charge in [-0.05, 0) is 103 Å². The second kappa shape index (κ2) is 73.9. The standard InChI is InChI=1S/C84H150NO8P/c1-6-8-10-12-14-16-18-20-22-24-26-28-30-32-34-36-37-38-39-40-41-42-43-44-45-46-47-49-50-52-54-56-58-60-62-64-66-68-70-72-74-76-83(86)90-80-82(81-92-94(88,89)91-79-78-85(3,4)5)93-84(87)77-75-73-71-69-67-65-63-61-59-57-55-53-51-48-35-33-31-29-27-25-23-21-19-17-15-13-11-9-7-2/h9,11,15,17,21,23-24,26-27,29,33,35,51,53,57,59,63,65,82H,6-8,10,12-14,16,18-20,22,25,28,30-32,34,36-50,52,54-56,58,60-62,64,66-81H2,1-5H3/b11-9-,17-15-,23-21-,26-24-,29-27-,35-33-,53-51-,59-57-,65-63-. The molecule has 0 fully saturated rings. The first-order valence-corrected chi connectivity index (χ1v) is 41.1. The Balaban J connectivity index is 3.97. The third-order valence-corrected chi connectivity index (χ3v) is 18.2. The van der Waals surface area contributed by atoms with E-state index in [4.69, 9.17) is 18.5 Å². The molecule has 94 heavy (non-hydrogen) atoms. The van der Waals surface area contributed by atoms with Crippen LogP contribution in [0.2, 0.25) is 0 Å². The summed E-state index contributed by atoms with van der Waals surface area (Å²) in [5.74, 6) is -0.856. The van der Waals surface area contributed by atoms with Gasteiger partial charge in [0, 0.05) is 12.8 Å². The molecule has 0 amide bonds.